The summed E-state index contributed by atoms with van der Waals surface area (Å²) in [7, 11) is 1.61. The lowest BCUT2D eigenvalue weighted by atomic mass is 10.0. The van der Waals surface area contributed by atoms with Gasteiger partial charge in [0.1, 0.15) is 17.7 Å². The summed E-state index contributed by atoms with van der Waals surface area (Å²) in [4.78, 5) is 40.5. The van der Waals surface area contributed by atoms with Crippen molar-refractivity contribution in [2.24, 2.45) is 0 Å². The lowest BCUT2D eigenvalue weighted by Crippen LogP contribution is -2.52. The van der Waals surface area contributed by atoms with Crippen molar-refractivity contribution in [2.75, 3.05) is 25.6 Å². The van der Waals surface area contributed by atoms with E-state index in [-0.39, 0.29) is 11.8 Å². The molecule has 7 nitrogen and oxygen atoms in total. The number of alkyl carbamates (subject to hydrolysis) is 1. The average Bonchev–Trinajstić information content (AvgIpc) is 2.73. The molecule has 0 radical (unpaired) electrons. The molecule has 2 N–H and O–H groups in total. The predicted octanol–water partition coefficient (Wildman–Crippen LogP) is 4.45. The van der Waals surface area contributed by atoms with E-state index in [9.17, 15) is 14.4 Å². The molecule has 1 aromatic rings. The Morgan fingerprint density at radius 2 is 1.76 bits per heavy atom. The molecule has 0 aliphatic heterocycles. The predicted molar refractivity (Wildman–Crippen MR) is 135 cm³/mol. The number of rotatable bonds is 12. The largest absolute Gasteiger partial charge is 0.444 e. The van der Waals surface area contributed by atoms with Gasteiger partial charge in [0.25, 0.3) is 0 Å². The van der Waals surface area contributed by atoms with E-state index in [1.807, 2.05) is 37.4 Å². The standard InChI is InChI=1S/C25H41N3O4S/c1-8-9-10-16-26-22(29)21(19-13-11-18(2)12-14-19)28(6)23(30)20(15-17-33-7)27-24(31)32-25(3,4)5/h11-14,20-21H,8-10,15-17H2,1-7H3,(H,26,29)(H,27,31). The third kappa shape index (κ3) is 10.5. The zero-order valence-corrected chi connectivity index (χ0v) is 22.0. The van der Waals surface area contributed by atoms with Gasteiger partial charge in [-0.05, 0) is 58.1 Å². The molecule has 0 aromatic heterocycles. The van der Waals surface area contributed by atoms with Crippen LogP contribution in [0.15, 0.2) is 24.3 Å². The minimum Gasteiger partial charge on any atom is -0.444 e. The zero-order chi connectivity index (χ0) is 25.0. The molecule has 8 heteroatoms. The minimum absolute atomic E-state index is 0.230. The Hall–Kier alpha value is -2.22. The summed E-state index contributed by atoms with van der Waals surface area (Å²) in [5.74, 6) is 0.120. The molecule has 2 atom stereocenters. The first kappa shape index (κ1) is 28.8. The number of likely N-dealkylation sites (N-methyl/N-ethyl adjacent to an activating group) is 1. The molecule has 0 spiro atoms. The second-order valence-electron chi connectivity index (χ2n) is 9.24. The SMILES string of the molecule is CCCCCNC(=O)C(c1ccc(C)cc1)N(C)C(=O)C(CCSC)NC(=O)OC(C)(C)C. The highest BCUT2D eigenvalue weighted by molar-refractivity contribution is 7.98. The number of nitrogens with one attached hydrogen (secondary N) is 2. The summed E-state index contributed by atoms with van der Waals surface area (Å²) in [6.45, 7) is 9.95. The molecular weight excluding hydrogens is 438 g/mol. The summed E-state index contributed by atoms with van der Waals surface area (Å²) in [5, 5.41) is 5.68. The van der Waals surface area contributed by atoms with Gasteiger partial charge in [0.2, 0.25) is 11.8 Å². The fourth-order valence-electron chi connectivity index (χ4n) is 3.30. The van der Waals surface area contributed by atoms with Gasteiger partial charge in [0.05, 0.1) is 0 Å². The van der Waals surface area contributed by atoms with E-state index < -0.39 is 23.8 Å². The number of nitrogens with zero attached hydrogens (tertiary/aromatic N) is 1. The highest BCUT2D eigenvalue weighted by atomic mass is 32.2. The summed E-state index contributed by atoms with van der Waals surface area (Å²) < 4.78 is 5.35. The van der Waals surface area contributed by atoms with Crippen molar-refractivity contribution in [1.82, 2.24) is 15.5 Å². The van der Waals surface area contributed by atoms with Crippen LogP contribution in [0.4, 0.5) is 4.79 Å². The topological polar surface area (TPSA) is 87.7 Å². The van der Waals surface area contributed by atoms with Crippen LogP contribution >= 0.6 is 11.8 Å². The third-order valence-corrected chi connectivity index (χ3v) is 5.70. The van der Waals surface area contributed by atoms with Gasteiger partial charge in [-0.15, -0.1) is 0 Å². The first-order valence-corrected chi connectivity index (χ1v) is 13.0. The maximum atomic E-state index is 13.5. The maximum absolute atomic E-state index is 13.5. The summed E-state index contributed by atoms with van der Waals surface area (Å²) in [5.41, 5.74) is 1.12. The van der Waals surface area contributed by atoms with Crippen molar-refractivity contribution in [2.45, 2.75) is 78.0 Å². The van der Waals surface area contributed by atoms with E-state index in [1.54, 1.807) is 39.6 Å². The molecular formula is C25H41N3O4S. The van der Waals surface area contributed by atoms with E-state index in [4.69, 9.17) is 4.74 Å². The summed E-state index contributed by atoms with van der Waals surface area (Å²) in [6, 6.07) is 6.00. The number of thioether (sulfide) groups is 1. The minimum atomic E-state index is -0.794. The third-order valence-electron chi connectivity index (χ3n) is 5.06. The van der Waals surface area contributed by atoms with Crippen molar-refractivity contribution in [3.63, 3.8) is 0 Å². The van der Waals surface area contributed by atoms with E-state index in [1.165, 1.54) is 4.90 Å². The summed E-state index contributed by atoms with van der Waals surface area (Å²) in [6.07, 6.45) is 4.70. The van der Waals surface area contributed by atoms with Crippen molar-refractivity contribution in [1.29, 1.82) is 0 Å². The molecule has 0 bridgehead atoms. The number of carbonyl (C=O) groups excluding carboxylic acids is 3. The maximum Gasteiger partial charge on any atom is 0.408 e. The van der Waals surface area contributed by atoms with Crippen LogP contribution in [-0.4, -0.2) is 60.1 Å². The Morgan fingerprint density at radius 1 is 1.12 bits per heavy atom. The molecule has 0 fully saturated rings. The van der Waals surface area contributed by atoms with Crippen molar-refractivity contribution in [3.8, 4) is 0 Å². The van der Waals surface area contributed by atoms with Gasteiger partial charge in [0.15, 0.2) is 0 Å². The van der Waals surface area contributed by atoms with Crippen molar-refractivity contribution < 1.29 is 19.1 Å². The number of hydrogen-bond acceptors (Lipinski definition) is 5. The van der Waals surface area contributed by atoms with E-state index >= 15 is 0 Å². The van der Waals surface area contributed by atoms with E-state index in [2.05, 4.69) is 17.6 Å². The lowest BCUT2D eigenvalue weighted by molar-refractivity contribution is -0.140. The first-order chi connectivity index (χ1) is 15.5. The Bertz CT molecular complexity index is 762. The molecule has 0 saturated heterocycles. The average molecular weight is 480 g/mol. The highest BCUT2D eigenvalue weighted by Gasteiger charge is 2.33. The smallest absolute Gasteiger partial charge is 0.408 e. The summed E-state index contributed by atoms with van der Waals surface area (Å²) >= 11 is 1.59. The van der Waals surface area contributed by atoms with Gasteiger partial charge in [-0.2, -0.15) is 11.8 Å². The van der Waals surface area contributed by atoms with Crippen molar-refractivity contribution in [3.05, 3.63) is 35.4 Å². The normalized spacial score (nSPS) is 13.1. The van der Waals surface area contributed by atoms with Gasteiger partial charge < -0.3 is 20.3 Å². The Kier molecular flexibility index (Phi) is 12.3. The van der Waals surface area contributed by atoms with Crippen LogP contribution in [0.3, 0.4) is 0 Å². The van der Waals surface area contributed by atoms with Gasteiger partial charge in [-0.1, -0.05) is 49.6 Å². The molecule has 2 unspecified atom stereocenters. The Balaban J connectivity index is 3.12. The lowest BCUT2D eigenvalue weighted by Gasteiger charge is -2.31. The van der Waals surface area contributed by atoms with Gasteiger partial charge >= 0.3 is 6.09 Å². The van der Waals surface area contributed by atoms with E-state index in [0.717, 1.165) is 30.4 Å². The number of amides is 3. The number of aryl methyl sites for hydroxylation is 1. The quantitative estimate of drug-likeness (QED) is 0.433. The number of ether oxygens (including phenoxy) is 1. The molecule has 0 aliphatic carbocycles. The number of hydrogen-bond donors (Lipinski definition) is 2. The van der Waals surface area contributed by atoms with E-state index in [0.29, 0.717) is 18.7 Å². The van der Waals surface area contributed by atoms with Gasteiger partial charge in [-0.3, -0.25) is 9.59 Å². The van der Waals surface area contributed by atoms with Gasteiger partial charge in [-0.25, -0.2) is 4.79 Å². The number of carbonyl (C=O) groups is 3. The second-order valence-corrected chi connectivity index (χ2v) is 10.2. The molecule has 3 amide bonds. The molecule has 1 rings (SSSR count). The van der Waals surface area contributed by atoms with Crippen LogP contribution in [0.1, 0.15) is 70.5 Å². The van der Waals surface area contributed by atoms with Crippen LogP contribution in [0.25, 0.3) is 0 Å². The highest BCUT2D eigenvalue weighted by Crippen LogP contribution is 2.22. The fourth-order valence-corrected chi connectivity index (χ4v) is 3.77. The monoisotopic (exact) mass is 479 g/mol. The number of benzene rings is 1. The van der Waals surface area contributed by atoms with Crippen LogP contribution in [0.5, 0.6) is 0 Å². The Labute approximate surface area is 203 Å². The first-order valence-electron chi connectivity index (χ1n) is 11.6. The molecule has 0 saturated carbocycles. The van der Waals surface area contributed by atoms with Crippen LogP contribution in [0.2, 0.25) is 0 Å². The fraction of sp³-hybridized carbons (Fsp3) is 0.640. The van der Waals surface area contributed by atoms with Crippen LogP contribution < -0.4 is 10.6 Å². The molecule has 0 heterocycles. The zero-order valence-electron chi connectivity index (χ0n) is 21.2. The van der Waals surface area contributed by atoms with Crippen LogP contribution in [0, 0.1) is 6.92 Å². The van der Waals surface area contributed by atoms with Crippen LogP contribution in [-0.2, 0) is 14.3 Å². The number of unbranched alkanes of at least 4 members (excludes halogenated alkanes) is 2. The molecule has 1 aromatic carbocycles. The van der Waals surface area contributed by atoms with Gasteiger partial charge in [0, 0.05) is 13.6 Å². The Morgan fingerprint density at radius 3 is 2.30 bits per heavy atom. The second kappa shape index (κ2) is 14.1. The van der Waals surface area contributed by atoms with Crippen molar-refractivity contribution >= 4 is 29.7 Å². The molecule has 186 valence electrons. The molecule has 0 aliphatic rings. The molecule has 33 heavy (non-hydrogen) atoms.